The largest absolute Gasteiger partial charge is 0.496 e. The number of anilines is 1. The monoisotopic (exact) mass is 381 g/mol. The van der Waals surface area contributed by atoms with Gasteiger partial charge in [-0.25, -0.2) is 4.79 Å². The van der Waals surface area contributed by atoms with Gasteiger partial charge in [-0.3, -0.25) is 14.5 Å². The van der Waals surface area contributed by atoms with Crippen LogP contribution in [0.3, 0.4) is 0 Å². The topological polar surface area (TPSA) is 87.7 Å². The maximum Gasteiger partial charge on any atom is 0.325 e. The van der Waals surface area contributed by atoms with Gasteiger partial charge in [0.15, 0.2) is 0 Å². The van der Waals surface area contributed by atoms with Crippen molar-refractivity contribution in [3.05, 3.63) is 59.7 Å². The van der Waals surface area contributed by atoms with Crippen molar-refractivity contribution in [2.75, 3.05) is 19.0 Å². The fourth-order valence-corrected chi connectivity index (χ4v) is 3.29. The van der Waals surface area contributed by atoms with Gasteiger partial charge in [-0.05, 0) is 37.1 Å². The molecule has 1 fully saturated rings. The van der Waals surface area contributed by atoms with E-state index in [1.54, 1.807) is 32.2 Å². The van der Waals surface area contributed by atoms with Crippen LogP contribution in [-0.4, -0.2) is 41.9 Å². The maximum absolute atomic E-state index is 12.9. The Kier molecular flexibility index (Phi) is 5.35. The predicted octanol–water partition coefficient (Wildman–Crippen LogP) is 2.50. The zero-order valence-electron chi connectivity index (χ0n) is 16.1. The van der Waals surface area contributed by atoms with Gasteiger partial charge in [0.05, 0.1) is 7.11 Å². The Labute approximate surface area is 163 Å². The van der Waals surface area contributed by atoms with E-state index in [0.717, 1.165) is 16.0 Å². The van der Waals surface area contributed by atoms with Gasteiger partial charge in [-0.2, -0.15) is 0 Å². The van der Waals surface area contributed by atoms with Gasteiger partial charge >= 0.3 is 6.03 Å². The molecule has 0 radical (unpaired) electrons. The van der Waals surface area contributed by atoms with E-state index in [-0.39, 0.29) is 13.0 Å². The number of nitrogens with zero attached hydrogens (tertiary/aromatic N) is 1. The van der Waals surface area contributed by atoms with Crippen LogP contribution >= 0.6 is 0 Å². The van der Waals surface area contributed by atoms with Crippen LogP contribution in [0, 0.1) is 6.92 Å². The number of aryl methyl sites for hydroxylation is 1. The summed E-state index contributed by atoms with van der Waals surface area (Å²) < 4.78 is 5.33. The number of nitrogens with one attached hydrogen (secondary N) is 2. The molecule has 0 bridgehead atoms. The highest BCUT2D eigenvalue weighted by Crippen LogP contribution is 2.27. The van der Waals surface area contributed by atoms with E-state index < -0.39 is 23.4 Å². The summed E-state index contributed by atoms with van der Waals surface area (Å²) >= 11 is 0. The lowest BCUT2D eigenvalue weighted by molar-refractivity contribution is -0.133. The number of benzene rings is 2. The van der Waals surface area contributed by atoms with Gasteiger partial charge in [0, 0.05) is 12.1 Å². The average molecular weight is 381 g/mol. The molecule has 2 aromatic carbocycles. The number of hydrogen-bond donors (Lipinski definition) is 2. The van der Waals surface area contributed by atoms with Gasteiger partial charge in [0.1, 0.15) is 17.8 Å². The Balaban J connectivity index is 1.72. The Morgan fingerprint density at radius 3 is 2.54 bits per heavy atom. The van der Waals surface area contributed by atoms with Crippen molar-refractivity contribution in [3.63, 3.8) is 0 Å². The third-order valence-electron chi connectivity index (χ3n) is 4.80. The molecule has 2 aromatic rings. The van der Waals surface area contributed by atoms with Crippen LogP contribution in [0.5, 0.6) is 5.75 Å². The van der Waals surface area contributed by atoms with Gasteiger partial charge < -0.3 is 15.4 Å². The summed E-state index contributed by atoms with van der Waals surface area (Å²) in [6.45, 7) is 3.17. The molecule has 2 N–H and O–H groups in total. The van der Waals surface area contributed by atoms with Crippen molar-refractivity contribution >= 4 is 23.5 Å². The zero-order valence-corrected chi connectivity index (χ0v) is 16.1. The Hall–Kier alpha value is -3.35. The lowest BCUT2D eigenvalue weighted by Gasteiger charge is -2.22. The van der Waals surface area contributed by atoms with E-state index in [4.69, 9.17) is 4.74 Å². The molecule has 7 heteroatoms. The first-order valence-corrected chi connectivity index (χ1v) is 8.95. The fourth-order valence-electron chi connectivity index (χ4n) is 3.29. The quantitative estimate of drug-likeness (QED) is 0.753. The highest BCUT2D eigenvalue weighted by atomic mass is 16.5. The summed E-state index contributed by atoms with van der Waals surface area (Å²) in [6, 6.07) is 14.1. The fraction of sp³-hybridized carbons (Fsp3) is 0.286. The number of rotatable bonds is 6. The first-order chi connectivity index (χ1) is 13.3. The van der Waals surface area contributed by atoms with E-state index in [1.165, 1.54) is 0 Å². The van der Waals surface area contributed by atoms with Crippen LogP contribution in [0.15, 0.2) is 48.5 Å². The molecule has 0 unspecified atom stereocenters. The van der Waals surface area contributed by atoms with Crippen LogP contribution in [-0.2, 0) is 16.0 Å². The Bertz CT molecular complexity index is 927. The normalized spacial score (nSPS) is 18.8. The third-order valence-corrected chi connectivity index (χ3v) is 4.80. The van der Waals surface area contributed by atoms with Crippen LogP contribution in [0.2, 0.25) is 0 Å². The highest BCUT2D eigenvalue weighted by Gasteiger charge is 2.48. The number of hydrogen-bond acceptors (Lipinski definition) is 4. The van der Waals surface area contributed by atoms with Crippen LogP contribution in [0.4, 0.5) is 10.5 Å². The molecule has 1 atom stereocenters. The number of para-hydroxylation sites is 2. The Morgan fingerprint density at radius 1 is 1.14 bits per heavy atom. The summed E-state index contributed by atoms with van der Waals surface area (Å²) in [6.07, 6.45) is 0.261. The molecule has 1 heterocycles. The third kappa shape index (κ3) is 3.83. The minimum Gasteiger partial charge on any atom is -0.496 e. The molecule has 1 aliphatic rings. The van der Waals surface area contributed by atoms with Gasteiger partial charge in [0.25, 0.3) is 5.91 Å². The lowest BCUT2D eigenvalue weighted by atomic mass is 9.92. The second-order valence-corrected chi connectivity index (χ2v) is 7.01. The van der Waals surface area contributed by atoms with Crippen molar-refractivity contribution in [2.24, 2.45) is 0 Å². The summed E-state index contributed by atoms with van der Waals surface area (Å²) in [5.74, 6) is -0.232. The van der Waals surface area contributed by atoms with Crippen LogP contribution in [0.1, 0.15) is 18.1 Å². The minimum absolute atomic E-state index is 0.261. The molecule has 1 aliphatic heterocycles. The van der Waals surface area contributed by atoms with Crippen molar-refractivity contribution in [3.8, 4) is 5.75 Å². The number of carbonyl (C=O) groups excluding carboxylic acids is 3. The zero-order chi connectivity index (χ0) is 20.3. The smallest absolute Gasteiger partial charge is 0.325 e. The van der Waals surface area contributed by atoms with Crippen molar-refractivity contribution in [1.29, 1.82) is 0 Å². The standard InChI is InChI=1S/C21H23N3O4/c1-14-8-4-6-10-16(14)22-18(25)13-24-19(26)21(2,23-20(24)27)12-15-9-5-7-11-17(15)28-3/h4-11H,12-13H2,1-3H3,(H,22,25)(H,23,27)/t21-/m1/s1. The summed E-state index contributed by atoms with van der Waals surface area (Å²) in [7, 11) is 1.55. The number of amides is 4. The second kappa shape index (κ2) is 7.72. The summed E-state index contributed by atoms with van der Waals surface area (Å²) in [5.41, 5.74) is 1.20. The lowest BCUT2D eigenvalue weighted by Crippen LogP contribution is -2.46. The first kappa shape index (κ1) is 19.4. The van der Waals surface area contributed by atoms with Crippen molar-refractivity contribution in [1.82, 2.24) is 10.2 Å². The molecule has 0 saturated carbocycles. The molecule has 1 saturated heterocycles. The van der Waals surface area contributed by atoms with E-state index in [9.17, 15) is 14.4 Å². The predicted molar refractivity (Wildman–Crippen MR) is 105 cm³/mol. The van der Waals surface area contributed by atoms with Gasteiger partial charge in [-0.15, -0.1) is 0 Å². The molecule has 0 aromatic heterocycles. The molecule has 4 amide bonds. The highest BCUT2D eigenvalue weighted by molar-refractivity contribution is 6.10. The van der Waals surface area contributed by atoms with Crippen molar-refractivity contribution in [2.45, 2.75) is 25.8 Å². The molecule has 28 heavy (non-hydrogen) atoms. The van der Waals surface area contributed by atoms with Crippen LogP contribution in [0.25, 0.3) is 0 Å². The SMILES string of the molecule is COc1ccccc1C[C@@]1(C)NC(=O)N(CC(=O)Nc2ccccc2C)C1=O. The molecule has 7 nitrogen and oxygen atoms in total. The minimum atomic E-state index is -1.14. The molecule has 0 aliphatic carbocycles. The van der Waals surface area contributed by atoms with Gasteiger partial charge in [-0.1, -0.05) is 36.4 Å². The number of methoxy groups -OCH3 is 1. The van der Waals surface area contributed by atoms with E-state index in [0.29, 0.717) is 11.4 Å². The number of urea groups is 1. The average Bonchev–Trinajstić information content (AvgIpc) is 2.87. The summed E-state index contributed by atoms with van der Waals surface area (Å²) in [5, 5.41) is 5.45. The molecule has 0 spiro atoms. The molecule has 146 valence electrons. The molecular formula is C21H23N3O4. The molecule has 3 rings (SSSR count). The molecular weight excluding hydrogens is 358 g/mol. The number of imide groups is 1. The van der Waals surface area contributed by atoms with E-state index in [1.807, 2.05) is 37.3 Å². The van der Waals surface area contributed by atoms with Crippen molar-refractivity contribution < 1.29 is 19.1 Å². The van der Waals surface area contributed by atoms with E-state index in [2.05, 4.69) is 10.6 Å². The number of ether oxygens (including phenoxy) is 1. The van der Waals surface area contributed by atoms with E-state index >= 15 is 0 Å². The second-order valence-electron chi connectivity index (χ2n) is 7.01. The van der Waals surface area contributed by atoms with Gasteiger partial charge in [0.2, 0.25) is 5.91 Å². The Morgan fingerprint density at radius 2 is 1.82 bits per heavy atom. The summed E-state index contributed by atoms with van der Waals surface area (Å²) in [4.78, 5) is 38.6. The number of carbonyl (C=O) groups is 3. The van der Waals surface area contributed by atoms with Crippen LogP contribution < -0.4 is 15.4 Å². The maximum atomic E-state index is 12.9. The first-order valence-electron chi connectivity index (χ1n) is 8.95.